The predicted octanol–water partition coefficient (Wildman–Crippen LogP) is 9.21. The minimum atomic E-state index is 0.318. The van der Waals surface area contributed by atoms with Crippen LogP contribution < -0.4 is 10.1 Å². The first kappa shape index (κ1) is 23.2. The normalized spacial score (nSPS) is 34.0. The molecule has 38 heavy (non-hydrogen) atoms. The lowest BCUT2D eigenvalue weighted by molar-refractivity contribution is -0.00523. The van der Waals surface area contributed by atoms with Crippen LogP contribution in [0.4, 0.5) is 5.69 Å². The number of ether oxygens (including phenoxy) is 1. The number of benzene rings is 3. The summed E-state index contributed by atoms with van der Waals surface area (Å²) in [5.74, 6) is 4.92. The van der Waals surface area contributed by atoms with Crippen LogP contribution >= 0.6 is 11.6 Å². The van der Waals surface area contributed by atoms with Gasteiger partial charge in [-0.25, -0.2) is 0 Å². The summed E-state index contributed by atoms with van der Waals surface area (Å²) in [6.07, 6.45) is 14.9. The van der Waals surface area contributed by atoms with Crippen molar-refractivity contribution in [2.75, 3.05) is 5.32 Å². The summed E-state index contributed by atoms with van der Waals surface area (Å²) < 4.78 is 6.06. The molecule has 1 heterocycles. The molecule has 4 saturated carbocycles. The lowest BCUT2D eigenvalue weighted by Gasteiger charge is -2.57. The van der Waals surface area contributed by atoms with E-state index in [1.54, 1.807) is 5.56 Å². The van der Waals surface area contributed by atoms with Gasteiger partial charge in [0, 0.05) is 16.6 Å². The highest BCUT2D eigenvalue weighted by molar-refractivity contribution is 6.30. The van der Waals surface area contributed by atoms with E-state index in [0.29, 0.717) is 29.9 Å². The summed E-state index contributed by atoms with van der Waals surface area (Å²) in [7, 11) is 0. The Labute approximate surface area is 231 Å². The maximum absolute atomic E-state index is 6.06. The second-order valence-electron chi connectivity index (χ2n) is 13.0. The molecule has 0 radical (unpaired) electrons. The minimum Gasteiger partial charge on any atom is -0.489 e. The molecule has 3 atom stereocenters. The number of allylic oxidation sites excluding steroid dienone is 2. The molecule has 0 saturated heterocycles. The quantitative estimate of drug-likeness (QED) is 0.338. The van der Waals surface area contributed by atoms with Crippen LogP contribution in [0.2, 0.25) is 5.02 Å². The van der Waals surface area contributed by atoms with Gasteiger partial charge in [0.1, 0.15) is 12.4 Å². The van der Waals surface area contributed by atoms with Gasteiger partial charge in [0.15, 0.2) is 0 Å². The molecule has 6 aliphatic rings. The molecule has 4 bridgehead atoms. The lowest BCUT2D eigenvalue weighted by atomic mass is 9.48. The average molecular weight is 522 g/mol. The molecular formula is C35H36ClNO. The van der Waals surface area contributed by atoms with Crippen LogP contribution in [-0.2, 0) is 12.0 Å². The molecule has 5 aliphatic carbocycles. The number of nitrogens with one attached hydrogen (secondary N) is 1. The van der Waals surface area contributed by atoms with Gasteiger partial charge >= 0.3 is 0 Å². The summed E-state index contributed by atoms with van der Waals surface area (Å²) in [5, 5.41) is 4.73. The maximum Gasteiger partial charge on any atom is 0.119 e. The van der Waals surface area contributed by atoms with Crippen LogP contribution in [0, 0.1) is 23.7 Å². The number of anilines is 1. The van der Waals surface area contributed by atoms with Crippen molar-refractivity contribution < 1.29 is 4.74 Å². The van der Waals surface area contributed by atoms with Crippen LogP contribution in [0.15, 0.2) is 78.9 Å². The monoisotopic (exact) mass is 521 g/mol. The van der Waals surface area contributed by atoms with Crippen molar-refractivity contribution in [3.05, 3.63) is 106 Å². The second kappa shape index (κ2) is 8.91. The van der Waals surface area contributed by atoms with E-state index in [9.17, 15) is 0 Å². The summed E-state index contributed by atoms with van der Waals surface area (Å²) in [4.78, 5) is 0. The van der Waals surface area contributed by atoms with E-state index in [-0.39, 0.29) is 0 Å². The van der Waals surface area contributed by atoms with E-state index in [0.717, 1.165) is 40.5 Å². The molecule has 0 amide bonds. The second-order valence-corrected chi connectivity index (χ2v) is 13.4. The molecule has 3 aromatic carbocycles. The molecular weight excluding hydrogens is 486 g/mol. The molecule has 4 fully saturated rings. The van der Waals surface area contributed by atoms with Crippen molar-refractivity contribution in [3.63, 3.8) is 0 Å². The molecule has 1 N–H and O–H groups in total. The van der Waals surface area contributed by atoms with E-state index in [1.807, 2.05) is 24.3 Å². The van der Waals surface area contributed by atoms with Gasteiger partial charge in [0.05, 0.1) is 6.04 Å². The highest BCUT2D eigenvalue weighted by Crippen LogP contribution is 2.61. The highest BCUT2D eigenvalue weighted by atomic mass is 35.5. The Morgan fingerprint density at radius 1 is 0.842 bits per heavy atom. The summed E-state index contributed by atoms with van der Waals surface area (Å²) >= 11 is 6.01. The molecule has 3 aromatic rings. The Morgan fingerprint density at radius 2 is 1.55 bits per heavy atom. The minimum absolute atomic E-state index is 0.318. The zero-order valence-corrected chi connectivity index (χ0v) is 22.7. The molecule has 194 valence electrons. The number of hydrogen-bond donors (Lipinski definition) is 1. The fraction of sp³-hybridized carbons (Fsp3) is 0.429. The van der Waals surface area contributed by atoms with E-state index < -0.39 is 0 Å². The Balaban J connectivity index is 1.03. The summed E-state index contributed by atoms with van der Waals surface area (Å²) in [6.45, 7) is 0.548. The SMILES string of the molecule is Clc1ccc(COc2ccc([C@@H]3Nc4ccc(C56CC7CC(CC(C7)C5)C6)cc4[C@@H]4C=CC[C@@H]43)cc2)cc1. The maximum atomic E-state index is 6.06. The van der Waals surface area contributed by atoms with Gasteiger partial charge in [-0.2, -0.15) is 0 Å². The molecule has 9 rings (SSSR count). The Morgan fingerprint density at radius 3 is 2.26 bits per heavy atom. The first-order valence-electron chi connectivity index (χ1n) is 14.7. The van der Waals surface area contributed by atoms with Crippen molar-refractivity contribution in [3.8, 4) is 5.75 Å². The van der Waals surface area contributed by atoms with Crippen LogP contribution in [0.1, 0.15) is 79.2 Å². The van der Waals surface area contributed by atoms with Crippen molar-refractivity contribution in [1.29, 1.82) is 0 Å². The highest BCUT2D eigenvalue weighted by Gasteiger charge is 2.52. The largest absolute Gasteiger partial charge is 0.489 e. The zero-order valence-electron chi connectivity index (χ0n) is 21.9. The fourth-order valence-electron chi connectivity index (χ4n) is 9.24. The van der Waals surface area contributed by atoms with Gasteiger partial charge < -0.3 is 10.1 Å². The molecule has 1 aliphatic heterocycles. The van der Waals surface area contributed by atoms with Crippen LogP contribution in [0.3, 0.4) is 0 Å². The summed E-state index contributed by atoms with van der Waals surface area (Å²) in [6, 6.07) is 24.5. The molecule has 2 nitrogen and oxygen atoms in total. The first-order valence-corrected chi connectivity index (χ1v) is 15.0. The third-order valence-electron chi connectivity index (χ3n) is 10.6. The van der Waals surface area contributed by atoms with Crippen molar-refractivity contribution in [2.45, 2.75) is 68.9 Å². The predicted molar refractivity (Wildman–Crippen MR) is 155 cm³/mol. The third-order valence-corrected chi connectivity index (χ3v) is 10.8. The fourth-order valence-corrected chi connectivity index (χ4v) is 9.36. The Kier molecular flexibility index (Phi) is 5.44. The standard InChI is InChI=1S/C35H36ClNO/c36-28-9-4-22(5-10-28)21-38-29-11-6-26(7-12-29)34-31-3-1-2-30(31)32-17-27(8-13-33(32)37-34)35-18-23-14-24(19-35)16-25(15-23)20-35/h1-2,4-13,17,23-25,30-31,34,37H,3,14-16,18-21H2/t23?,24?,25?,30-,31+,34+,35?/m1/s1. The number of fused-ring (bicyclic) bond motifs is 3. The van der Waals surface area contributed by atoms with E-state index in [2.05, 4.69) is 59.9 Å². The van der Waals surface area contributed by atoms with Gasteiger partial charge in [-0.15, -0.1) is 0 Å². The van der Waals surface area contributed by atoms with Crippen molar-refractivity contribution in [1.82, 2.24) is 0 Å². The molecule has 0 unspecified atom stereocenters. The Hall–Kier alpha value is -2.71. The summed E-state index contributed by atoms with van der Waals surface area (Å²) in [5.41, 5.74) is 7.45. The van der Waals surface area contributed by atoms with Crippen molar-refractivity contribution >= 4 is 17.3 Å². The molecule has 0 spiro atoms. The van der Waals surface area contributed by atoms with Gasteiger partial charge in [-0.1, -0.05) is 60.2 Å². The zero-order chi connectivity index (χ0) is 25.3. The number of hydrogen-bond acceptors (Lipinski definition) is 2. The van der Waals surface area contributed by atoms with Crippen LogP contribution in [0.25, 0.3) is 0 Å². The van der Waals surface area contributed by atoms with Crippen LogP contribution in [0.5, 0.6) is 5.75 Å². The van der Waals surface area contributed by atoms with Crippen LogP contribution in [-0.4, -0.2) is 0 Å². The van der Waals surface area contributed by atoms with Gasteiger partial charge in [-0.3, -0.25) is 0 Å². The number of halogens is 1. The third kappa shape index (κ3) is 3.90. The van der Waals surface area contributed by atoms with Gasteiger partial charge in [0.25, 0.3) is 0 Å². The van der Waals surface area contributed by atoms with Gasteiger partial charge in [-0.05, 0) is 127 Å². The topological polar surface area (TPSA) is 21.3 Å². The van der Waals surface area contributed by atoms with E-state index >= 15 is 0 Å². The average Bonchev–Trinajstić information content (AvgIpc) is 3.42. The van der Waals surface area contributed by atoms with Crippen molar-refractivity contribution in [2.24, 2.45) is 23.7 Å². The molecule has 0 aromatic heterocycles. The number of rotatable bonds is 5. The lowest BCUT2D eigenvalue weighted by Crippen LogP contribution is -2.48. The van der Waals surface area contributed by atoms with Gasteiger partial charge in [0.2, 0.25) is 0 Å². The first-order chi connectivity index (χ1) is 18.6. The van der Waals surface area contributed by atoms with E-state index in [4.69, 9.17) is 16.3 Å². The van der Waals surface area contributed by atoms with E-state index in [1.165, 1.54) is 55.3 Å². The molecule has 3 heteroatoms. The Bertz CT molecular complexity index is 1340. The smallest absolute Gasteiger partial charge is 0.119 e.